The van der Waals surface area contributed by atoms with Crippen LogP contribution >= 0.6 is 0 Å². The number of hydrogen-bond donors (Lipinski definition) is 0. The number of hydrogen-bond acceptors (Lipinski definition) is 3. The Labute approximate surface area is 440 Å². The summed E-state index contributed by atoms with van der Waals surface area (Å²) in [6, 6.07) is 77.9. The summed E-state index contributed by atoms with van der Waals surface area (Å²) in [4.78, 5) is 19.7. The summed E-state index contributed by atoms with van der Waals surface area (Å²) in [6.45, 7) is 18.0. The highest BCUT2D eigenvalue weighted by atomic mass is 15.0. The van der Waals surface area contributed by atoms with Gasteiger partial charge in [0.2, 0.25) is 0 Å². The highest BCUT2D eigenvalue weighted by Gasteiger charge is 2.40. The average Bonchev–Trinajstić information content (AvgIpc) is 4.21. The molecule has 0 radical (unpaired) electrons. The lowest BCUT2D eigenvalue weighted by molar-refractivity contribution is 0.666. The highest BCUT2D eigenvalue weighted by molar-refractivity contribution is 6.16. The molecule has 6 nitrogen and oxygen atoms in total. The molecule has 76 heavy (non-hydrogen) atoms. The van der Waals surface area contributed by atoms with E-state index in [-0.39, 0.29) is 10.8 Å². The van der Waals surface area contributed by atoms with Crippen molar-refractivity contribution in [2.75, 3.05) is 0 Å². The van der Waals surface area contributed by atoms with Gasteiger partial charge in [-0.2, -0.15) is 0 Å². The molecule has 0 atom stereocenters. The topological polar surface area (TPSA) is 52.9 Å². The molecule has 0 fully saturated rings. The van der Waals surface area contributed by atoms with Crippen molar-refractivity contribution in [3.8, 4) is 78.9 Å². The quantitative estimate of drug-likeness (QED) is 0.156. The second-order valence-electron chi connectivity index (χ2n) is 21.4. The van der Waals surface area contributed by atoms with E-state index in [4.69, 9.17) is 21.5 Å². The van der Waals surface area contributed by atoms with E-state index in [0.29, 0.717) is 23.2 Å². The number of benzene rings is 10. The standard InChI is InChI=1S/C70H48N6/c1-69(2)54-28-16-12-24-46(54)49-35-38-59-62(64(49)69)51-26-14-18-30-56(51)75(59)58-37-33-45(71-5)41-53(58)48-34-32-44(68-73-66(42-20-8-6-9-21-42)72-67(74-68)43-22-10-7-11-23-43)40-61(48)76-57-31-19-15-27-52(57)63-60(76)39-36-50-47-25-13-17-29-55(47)70(3,4)65(50)63/h6-41H,1-4H3. The van der Waals surface area contributed by atoms with E-state index in [1.807, 2.05) is 66.7 Å². The molecule has 0 bridgehead atoms. The summed E-state index contributed by atoms with van der Waals surface area (Å²) in [5, 5.41) is 4.87. The van der Waals surface area contributed by atoms with Gasteiger partial charge in [-0.1, -0.05) is 204 Å². The summed E-state index contributed by atoms with van der Waals surface area (Å²) in [6.07, 6.45) is 0. The van der Waals surface area contributed by atoms with Crippen LogP contribution in [0.25, 0.3) is 127 Å². The molecule has 3 heterocycles. The summed E-state index contributed by atoms with van der Waals surface area (Å²) in [7, 11) is 0. The predicted molar refractivity (Wildman–Crippen MR) is 312 cm³/mol. The molecular weight excluding hydrogens is 925 g/mol. The van der Waals surface area contributed by atoms with Crippen molar-refractivity contribution >= 4 is 49.3 Å². The molecule has 2 aliphatic carbocycles. The van der Waals surface area contributed by atoms with E-state index >= 15 is 0 Å². The van der Waals surface area contributed by atoms with Crippen LogP contribution in [0.3, 0.4) is 0 Å². The van der Waals surface area contributed by atoms with Crippen molar-refractivity contribution in [1.29, 1.82) is 0 Å². The molecular formula is C70H48N6. The lowest BCUT2D eigenvalue weighted by Gasteiger charge is -2.23. The van der Waals surface area contributed by atoms with Crippen molar-refractivity contribution in [2.45, 2.75) is 38.5 Å². The third-order valence-corrected chi connectivity index (χ3v) is 16.5. The monoisotopic (exact) mass is 972 g/mol. The zero-order valence-corrected chi connectivity index (χ0v) is 42.5. The van der Waals surface area contributed by atoms with E-state index < -0.39 is 0 Å². The van der Waals surface area contributed by atoms with Crippen LogP contribution in [-0.2, 0) is 10.8 Å². The fourth-order valence-corrected chi connectivity index (χ4v) is 13.2. The minimum absolute atomic E-state index is 0.234. The molecule has 15 rings (SSSR count). The Bertz CT molecular complexity index is 4590. The normalized spacial score (nSPS) is 13.7. The van der Waals surface area contributed by atoms with Crippen molar-refractivity contribution in [3.63, 3.8) is 0 Å². The Balaban J connectivity index is 1.05. The number of para-hydroxylation sites is 2. The zero-order valence-electron chi connectivity index (χ0n) is 42.5. The first-order valence-electron chi connectivity index (χ1n) is 26.1. The molecule has 0 aliphatic heterocycles. The lowest BCUT2D eigenvalue weighted by Crippen LogP contribution is -2.15. The minimum Gasteiger partial charge on any atom is -0.309 e. The van der Waals surface area contributed by atoms with Gasteiger partial charge in [-0.3, -0.25) is 0 Å². The molecule has 0 spiro atoms. The summed E-state index contributed by atoms with van der Waals surface area (Å²) in [5.74, 6) is 1.76. The zero-order chi connectivity index (χ0) is 51.0. The van der Waals surface area contributed by atoms with E-state index in [1.165, 1.54) is 66.1 Å². The van der Waals surface area contributed by atoms with Crippen LogP contribution in [-0.4, -0.2) is 24.1 Å². The summed E-state index contributed by atoms with van der Waals surface area (Å²) in [5.41, 5.74) is 21.4. The van der Waals surface area contributed by atoms with Gasteiger partial charge in [0.1, 0.15) is 0 Å². The van der Waals surface area contributed by atoms with Gasteiger partial charge in [0.05, 0.1) is 40.0 Å². The molecule has 0 saturated heterocycles. The fourth-order valence-electron chi connectivity index (χ4n) is 13.2. The number of nitrogens with zero attached hydrogens (tertiary/aromatic N) is 6. The molecule has 13 aromatic rings. The van der Waals surface area contributed by atoms with Crippen LogP contribution in [0.5, 0.6) is 0 Å². The van der Waals surface area contributed by atoms with Gasteiger partial charge < -0.3 is 9.13 Å². The van der Waals surface area contributed by atoms with Gasteiger partial charge in [0, 0.05) is 54.6 Å². The van der Waals surface area contributed by atoms with E-state index in [2.05, 4.69) is 193 Å². The first kappa shape index (κ1) is 43.8. The molecule has 0 unspecified atom stereocenters. The third kappa shape index (κ3) is 6.17. The van der Waals surface area contributed by atoms with Crippen LogP contribution in [0, 0.1) is 6.57 Å². The number of aromatic nitrogens is 5. The fraction of sp³-hybridized carbons (Fsp3) is 0.0857. The highest BCUT2D eigenvalue weighted by Crippen LogP contribution is 2.56. The van der Waals surface area contributed by atoms with Crippen molar-refractivity contribution in [2.24, 2.45) is 0 Å². The molecule has 358 valence electrons. The van der Waals surface area contributed by atoms with Crippen LogP contribution in [0.15, 0.2) is 218 Å². The Morgan fingerprint density at radius 1 is 0.355 bits per heavy atom. The SMILES string of the molecule is [C-]#[N+]c1ccc(-n2c3ccccc3c3c4c(ccc32)-c2ccccc2C4(C)C)c(-c2ccc(-c3nc(-c4ccccc4)nc(-c4ccccc4)n3)cc2-n2c3ccccc3c3c4c(ccc32)-c2ccccc2C4(C)C)c1. The second-order valence-corrected chi connectivity index (χ2v) is 21.4. The van der Waals surface area contributed by atoms with Gasteiger partial charge in [0.15, 0.2) is 23.2 Å². The second kappa shape index (κ2) is 16.1. The van der Waals surface area contributed by atoms with Gasteiger partial charge in [0.25, 0.3) is 0 Å². The van der Waals surface area contributed by atoms with Gasteiger partial charge in [-0.25, -0.2) is 19.8 Å². The molecule has 3 aromatic heterocycles. The van der Waals surface area contributed by atoms with Crippen LogP contribution in [0.4, 0.5) is 5.69 Å². The van der Waals surface area contributed by atoms with E-state index in [0.717, 1.165) is 61.3 Å². The average molecular weight is 973 g/mol. The summed E-state index contributed by atoms with van der Waals surface area (Å²) < 4.78 is 4.89. The Morgan fingerprint density at radius 3 is 1.33 bits per heavy atom. The maximum atomic E-state index is 8.49. The minimum atomic E-state index is -0.262. The van der Waals surface area contributed by atoms with Gasteiger partial charge >= 0.3 is 0 Å². The summed E-state index contributed by atoms with van der Waals surface area (Å²) >= 11 is 0. The van der Waals surface area contributed by atoms with Crippen molar-refractivity contribution < 1.29 is 0 Å². The first-order chi connectivity index (χ1) is 37.2. The van der Waals surface area contributed by atoms with Gasteiger partial charge in [-0.05, 0) is 92.5 Å². The Kier molecular flexibility index (Phi) is 9.32. The molecule has 10 aromatic carbocycles. The molecule has 2 aliphatic rings. The van der Waals surface area contributed by atoms with Crippen LogP contribution in [0.1, 0.15) is 49.9 Å². The van der Waals surface area contributed by atoms with E-state index in [9.17, 15) is 0 Å². The first-order valence-corrected chi connectivity index (χ1v) is 26.1. The maximum absolute atomic E-state index is 8.49. The molecule has 0 saturated carbocycles. The number of fused-ring (bicyclic) bond motifs is 14. The largest absolute Gasteiger partial charge is 0.309 e. The molecule has 0 amide bonds. The Morgan fingerprint density at radius 2 is 0.803 bits per heavy atom. The predicted octanol–water partition coefficient (Wildman–Crippen LogP) is 17.9. The molecule has 0 N–H and O–H groups in total. The van der Waals surface area contributed by atoms with Gasteiger partial charge in [-0.15, -0.1) is 0 Å². The maximum Gasteiger partial charge on any atom is 0.188 e. The van der Waals surface area contributed by atoms with Crippen molar-refractivity contribution in [1.82, 2.24) is 24.1 Å². The smallest absolute Gasteiger partial charge is 0.188 e. The third-order valence-electron chi connectivity index (χ3n) is 16.5. The number of rotatable bonds is 6. The van der Waals surface area contributed by atoms with Crippen LogP contribution < -0.4 is 0 Å². The van der Waals surface area contributed by atoms with Crippen molar-refractivity contribution in [3.05, 3.63) is 252 Å². The Hall–Kier alpha value is -9.70. The van der Waals surface area contributed by atoms with E-state index in [1.54, 1.807) is 0 Å². The van der Waals surface area contributed by atoms with Crippen LogP contribution in [0.2, 0.25) is 0 Å². The lowest BCUT2D eigenvalue weighted by atomic mass is 9.80. The molecule has 6 heteroatoms.